The van der Waals surface area contributed by atoms with Crippen LogP contribution in [0.1, 0.15) is 57.8 Å². The summed E-state index contributed by atoms with van der Waals surface area (Å²) in [5, 5.41) is 19.0. The first-order valence-corrected chi connectivity index (χ1v) is 10.6. The van der Waals surface area contributed by atoms with Crippen LogP contribution < -0.4 is 0 Å². The van der Waals surface area contributed by atoms with Gasteiger partial charge in [0.1, 0.15) is 0 Å². The smallest absolute Gasteiger partial charge is 0.303 e. The van der Waals surface area contributed by atoms with Gasteiger partial charge in [-0.05, 0) is 61.4 Å². The number of aliphatic hydroxyl groups is 1. The highest BCUT2D eigenvalue weighted by atomic mass is 32.2. The minimum atomic E-state index is -0.711. The second-order valence-corrected chi connectivity index (χ2v) is 8.30. The number of carboxylic acid groups (broad SMARTS) is 1. The maximum absolute atomic E-state index is 10.5. The van der Waals surface area contributed by atoms with E-state index in [1.807, 2.05) is 11.8 Å². The predicted octanol–water partition coefficient (Wildman–Crippen LogP) is 4.66. The van der Waals surface area contributed by atoms with E-state index < -0.39 is 5.97 Å². The molecule has 0 aromatic carbocycles. The van der Waals surface area contributed by atoms with Crippen molar-refractivity contribution in [2.24, 2.45) is 17.8 Å². The van der Waals surface area contributed by atoms with Crippen LogP contribution in [-0.2, 0) is 4.79 Å². The molecule has 3 nitrogen and oxygen atoms in total. The monoisotopic (exact) mass is 352 g/mol. The molecule has 3 atom stereocenters. The van der Waals surface area contributed by atoms with Gasteiger partial charge in [-0.15, -0.1) is 0 Å². The van der Waals surface area contributed by atoms with Crippen LogP contribution in [0.3, 0.4) is 0 Å². The zero-order chi connectivity index (χ0) is 17.2. The number of allylic oxidation sites excluding steroid dienone is 3. The van der Waals surface area contributed by atoms with Gasteiger partial charge in [-0.25, -0.2) is 0 Å². The summed E-state index contributed by atoms with van der Waals surface area (Å²) >= 11 is 2.01. The standard InChI is InChI=1S/C20H32O3S/c21-19(16-8-5-3-6-9-16)13-12-18-15-24-14-17(18)10-4-1-2-7-11-20(22)23/h1,4,12-13,16-19,21H,2-3,5-11,14-15H2,(H,22,23)/t17-,18-,19?/m0/s1. The minimum absolute atomic E-state index is 0.258. The topological polar surface area (TPSA) is 57.5 Å². The maximum Gasteiger partial charge on any atom is 0.303 e. The van der Waals surface area contributed by atoms with E-state index in [0.29, 0.717) is 17.8 Å². The van der Waals surface area contributed by atoms with Crippen LogP contribution >= 0.6 is 11.8 Å². The molecule has 1 aliphatic heterocycles. The number of unbranched alkanes of at least 4 members (excludes halogenated alkanes) is 1. The third-order valence-electron chi connectivity index (χ3n) is 5.30. The third-order valence-corrected chi connectivity index (χ3v) is 6.59. The highest BCUT2D eigenvalue weighted by Crippen LogP contribution is 2.34. The molecule has 0 spiro atoms. The van der Waals surface area contributed by atoms with Gasteiger partial charge >= 0.3 is 5.97 Å². The molecule has 136 valence electrons. The van der Waals surface area contributed by atoms with Crippen LogP contribution in [0.25, 0.3) is 0 Å². The molecule has 1 heterocycles. The third kappa shape index (κ3) is 7.02. The Morgan fingerprint density at radius 2 is 1.96 bits per heavy atom. The summed E-state index contributed by atoms with van der Waals surface area (Å²) in [6, 6.07) is 0. The lowest BCUT2D eigenvalue weighted by atomic mass is 9.84. The van der Waals surface area contributed by atoms with Crippen molar-refractivity contribution in [3.8, 4) is 0 Å². The summed E-state index contributed by atoms with van der Waals surface area (Å²) in [6.07, 6.45) is 17.5. The molecule has 4 heteroatoms. The van der Waals surface area contributed by atoms with Crippen molar-refractivity contribution >= 4 is 17.7 Å². The van der Waals surface area contributed by atoms with Crippen molar-refractivity contribution < 1.29 is 15.0 Å². The fourth-order valence-corrected chi connectivity index (χ4v) is 5.20. The Hall–Kier alpha value is -0.740. The largest absolute Gasteiger partial charge is 0.481 e. The van der Waals surface area contributed by atoms with Crippen molar-refractivity contribution in [2.45, 2.75) is 63.9 Å². The van der Waals surface area contributed by atoms with Crippen LogP contribution in [0.4, 0.5) is 0 Å². The second kappa shape index (κ2) is 11.0. The summed E-state index contributed by atoms with van der Waals surface area (Å²) in [5.41, 5.74) is 0. The van der Waals surface area contributed by atoms with Crippen molar-refractivity contribution in [2.75, 3.05) is 11.5 Å². The number of carbonyl (C=O) groups is 1. The van der Waals surface area contributed by atoms with Gasteiger partial charge in [0, 0.05) is 6.42 Å². The van der Waals surface area contributed by atoms with E-state index in [1.54, 1.807) is 0 Å². The Balaban J connectivity index is 1.70. The normalized spacial score (nSPS) is 27.2. The molecule has 1 saturated heterocycles. The Kier molecular flexibility index (Phi) is 8.97. The Bertz CT molecular complexity index is 427. The van der Waals surface area contributed by atoms with Gasteiger partial charge in [0.2, 0.25) is 0 Å². The molecular formula is C20H32O3S. The number of aliphatic hydroxyl groups excluding tert-OH is 1. The lowest BCUT2D eigenvalue weighted by Crippen LogP contribution is -2.21. The van der Waals surface area contributed by atoms with E-state index in [2.05, 4.69) is 24.3 Å². The summed E-state index contributed by atoms with van der Waals surface area (Å²) in [4.78, 5) is 10.5. The lowest BCUT2D eigenvalue weighted by Gasteiger charge is -2.25. The molecule has 0 bridgehead atoms. The number of carboxylic acids is 1. The molecule has 2 fully saturated rings. The number of aliphatic carboxylic acids is 1. The Morgan fingerprint density at radius 3 is 2.71 bits per heavy atom. The summed E-state index contributed by atoms with van der Waals surface area (Å²) in [6.45, 7) is 0. The average Bonchev–Trinajstić information content (AvgIpc) is 3.03. The molecular weight excluding hydrogens is 320 g/mol. The van der Waals surface area contributed by atoms with Gasteiger partial charge in [-0.2, -0.15) is 11.8 Å². The molecule has 0 radical (unpaired) electrons. The van der Waals surface area contributed by atoms with Gasteiger partial charge in [-0.3, -0.25) is 4.79 Å². The van der Waals surface area contributed by atoms with Crippen molar-refractivity contribution in [1.82, 2.24) is 0 Å². The quantitative estimate of drug-likeness (QED) is 0.468. The zero-order valence-corrected chi connectivity index (χ0v) is 15.4. The van der Waals surface area contributed by atoms with Crippen LogP contribution in [0.5, 0.6) is 0 Å². The van der Waals surface area contributed by atoms with E-state index in [-0.39, 0.29) is 12.5 Å². The molecule has 1 unspecified atom stereocenters. The van der Waals surface area contributed by atoms with Gasteiger partial charge in [-0.1, -0.05) is 43.6 Å². The predicted molar refractivity (Wildman–Crippen MR) is 101 cm³/mol. The first-order chi connectivity index (χ1) is 11.7. The molecule has 1 aliphatic carbocycles. The van der Waals surface area contributed by atoms with Gasteiger partial charge in [0.15, 0.2) is 0 Å². The van der Waals surface area contributed by atoms with Crippen LogP contribution in [0.15, 0.2) is 24.3 Å². The number of thioether (sulfide) groups is 1. The first-order valence-electron chi connectivity index (χ1n) is 9.47. The fourth-order valence-electron chi connectivity index (χ4n) is 3.72. The van der Waals surface area contributed by atoms with Crippen molar-refractivity contribution in [3.63, 3.8) is 0 Å². The summed E-state index contributed by atoms with van der Waals surface area (Å²) in [5.74, 6) is 3.32. The highest BCUT2D eigenvalue weighted by Gasteiger charge is 2.25. The molecule has 2 N–H and O–H groups in total. The molecule has 0 aromatic heterocycles. The SMILES string of the molecule is O=C(O)CCCC=CC[C@H]1CSC[C@@H]1C=CC(O)C1CCCCC1. The van der Waals surface area contributed by atoms with E-state index in [1.165, 1.54) is 37.9 Å². The Labute approximate surface area is 150 Å². The molecule has 24 heavy (non-hydrogen) atoms. The first kappa shape index (κ1) is 19.6. The molecule has 0 aromatic rings. The minimum Gasteiger partial charge on any atom is -0.481 e. The van der Waals surface area contributed by atoms with E-state index in [0.717, 1.165) is 25.0 Å². The van der Waals surface area contributed by atoms with Crippen molar-refractivity contribution in [3.05, 3.63) is 24.3 Å². The number of rotatable bonds is 9. The maximum atomic E-state index is 10.5. The van der Waals surface area contributed by atoms with Gasteiger partial charge in [0.05, 0.1) is 6.10 Å². The Morgan fingerprint density at radius 1 is 1.17 bits per heavy atom. The van der Waals surface area contributed by atoms with Gasteiger partial charge < -0.3 is 10.2 Å². The number of hydrogen-bond donors (Lipinski definition) is 2. The fraction of sp³-hybridized carbons (Fsp3) is 0.750. The zero-order valence-electron chi connectivity index (χ0n) is 14.6. The molecule has 0 amide bonds. The van der Waals surface area contributed by atoms with E-state index in [4.69, 9.17) is 5.11 Å². The lowest BCUT2D eigenvalue weighted by molar-refractivity contribution is -0.137. The average molecular weight is 353 g/mol. The van der Waals surface area contributed by atoms with Crippen LogP contribution in [0.2, 0.25) is 0 Å². The van der Waals surface area contributed by atoms with Gasteiger partial charge in [0.25, 0.3) is 0 Å². The van der Waals surface area contributed by atoms with E-state index in [9.17, 15) is 9.90 Å². The van der Waals surface area contributed by atoms with E-state index >= 15 is 0 Å². The highest BCUT2D eigenvalue weighted by molar-refractivity contribution is 7.99. The van der Waals surface area contributed by atoms with Crippen molar-refractivity contribution in [1.29, 1.82) is 0 Å². The second-order valence-electron chi connectivity index (χ2n) is 7.23. The molecule has 2 aliphatic rings. The number of hydrogen-bond acceptors (Lipinski definition) is 3. The van der Waals surface area contributed by atoms with Crippen LogP contribution in [0, 0.1) is 17.8 Å². The summed E-state index contributed by atoms with van der Waals surface area (Å²) < 4.78 is 0. The van der Waals surface area contributed by atoms with Crippen LogP contribution in [-0.4, -0.2) is 33.8 Å². The summed E-state index contributed by atoms with van der Waals surface area (Å²) in [7, 11) is 0. The molecule has 2 rings (SSSR count). The molecule has 1 saturated carbocycles.